The van der Waals surface area contributed by atoms with Crippen LogP contribution in [0.25, 0.3) is 11.4 Å². The van der Waals surface area contributed by atoms with Crippen molar-refractivity contribution in [3.05, 3.63) is 30.3 Å². The third-order valence-electron chi connectivity index (χ3n) is 4.55. The molecule has 0 atom stereocenters. The predicted molar refractivity (Wildman–Crippen MR) is 107 cm³/mol. The van der Waals surface area contributed by atoms with E-state index in [1.54, 1.807) is 16.7 Å². The molecule has 1 saturated heterocycles. The lowest BCUT2D eigenvalue weighted by atomic mass is 10.2. The predicted octanol–water partition coefficient (Wildman–Crippen LogP) is 2.36. The van der Waals surface area contributed by atoms with Crippen molar-refractivity contribution in [3.63, 3.8) is 0 Å². The fraction of sp³-hybridized carbons (Fsp3) is 0.474. The molecular formula is C19H25N5O3S. The summed E-state index contributed by atoms with van der Waals surface area (Å²) in [5.74, 6) is 1.15. The normalized spacial score (nSPS) is 14.2. The van der Waals surface area contributed by atoms with Crippen molar-refractivity contribution in [2.24, 2.45) is 0 Å². The van der Waals surface area contributed by atoms with Crippen LogP contribution >= 0.6 is 11.8 Å². The molecule has 1 aromatic heterocycles. The lowest BCUT2D eigenvalue weighted by Crippen LogP contribution is -2.51. The summed E-state index contributed by atoms with van der Waals surface area (Å²) >= 11 is 1.40. The van der Waals surface area contributed by atoms with Gasteiger partial charge in [-0.2, -0.15) is 0 Å². The molecular weight excluding hydrogens is 378 g/mol. The van der Waals surface area contributed by atoms with Crippen LogP contribution in [0.15, 0.2) is 35.5 Å². The molecule has 1 aliphatic heterocycles. The largest absolute Gasteiger partial charge is 0.450 e. The van der Waals surface area contributed by atoms with Crippen LogP contribution in [-0.4, -0.2) is 75.1 Å². The van der Waals surface area contributed by atoms with E-state index < -0.39 is 0 Å². The average molecular weight is 404 g/mol. The van der Waals surface area contributed by atoms with Gasteiger partial charge in [0.15, 0.2) is 11.0 Å². The zero-order valence-corrected chi connectivity index (χ0v) is 17.0. The summed E-state index contributed by atoms with van der Waals surface area (Å²) in [7, 11) is 0. The Hall–Kier alpha value is -2.55. The van der Waals surface area contributed by atoms with E-state index in [0.717, 1.165) is 23.1 Å². The van der Waals surface area contributed by atoms with Crippen LogP contribution in [0.3, 0.4) is 0 Å². The molecule has 0 radical (unpaired) electrons. The quantitative estimate of drug-likeness (QED) is 0.689. The Morgan fingerprint density at radius 3 is 2.36 bits per heavy atom. The van der Waals surface area contributed by atoms with Gasteiger partial charge in [-0.15, -0.1) is 10.2 Å². The molecule has 0 bridgehead atoms. The van der Waals surface area contributed by atoms with Gasteiger partial charge in [-0.25, -0.2) is 4.79 Å². The maximum atomic E-state index is 12.6. The van der Waals surface area contributed by atoms with Crippen molar-refractivity contribution in [1.82, 2.24) is 24.6 Å². The van der Waals surface area contributed by atoms with Gasteiger partial charge in [0.1, 0.15) is 0 Å². The molecule has 1 fully saturated rings. The summed E-state index contributed by atoms with van der Waals surface area (Å²) in [5, 5.41) is 9.31. The number of amides is 2. The number of aromatic nitrogens is 3. The molecule has 2 heterocycles. The van der Waals surface area contributed by atoms with Gasteiger partial charge in [-0.05, 0) is 13.8 Å². The number of carbonyl (C=O) groups excluding carboxylic acids is 2. The van der Waals surface area contributed by atoms with Gasteiger partial charge in [0.05, 0.1) is 12.4 Å². The molecule has 0 N–H and O–H groups in total. The molecule has 9 heteroatoms. The zero-order valence-electron chi connectivity index (χ0n) is 16.2. The Morgan fingerprint density at radius 2 is 1.71 bits per heavy atom. The van der Waals surface area contributed by atoms with Gasteiger partial charge in [-0.3, -0.25) is 4.79 Å². The molecule has 28 heavy (non-hydrogen) atoms. The molecule has 8 nitrogen and oxygen atoms in total. The maximum absolute atomic E-state index is 12.6. The number of piperazine rings is 1. The van der Waals surface area contributed by atoms with Gasteiger partial charge < -0.3 is 19.1 Å². The maximum Gasteiger partial charge on any atom is 0.409 e. The first-order chi connectivity index (χ1) is 13.6. The lowest BCUT2D eigenvalue weighted by molar-refractivity contribution is -0.129. The van der Waals surface area contributed by atoms with Gasteiger partial charge >= 0.3 is 6.09 Å². The molecule has 1 aromatic carbocycles. The van der Waals surface area contributed by atoms with Crippen molar-refractivity contribution in [1.29, 1.82) is 0 Å². The van der Waals surface area contributed by atoms with E-state index in [1.165, 1.54) is 11.8 Å². The summed E-state index contributed by atoms with van der Waals surface area (Å²) in [6.07, 6.45) is -0.312. The van der Waals surface area contributed by atoms with E-state index in [1.807, 2.05) is 41.8 Å². The van der Waals surface area contributed by atoms with Gasteiger partial charge in [-0.1, -0.05) is 42.1 Å². The molecule has 2 aromatic rings. The summed E-state index contributed by atoms with van der Waals surface area (Å²) in [4.78, 5) is 27.7. The van der Waals surface area contributed by atoms with Crippen molar-refractivity contribution >= 4 is 23.8 Å². The number of nitrogens with zero attached hydrogens (tertiary/aromatic N) is 5. The molecule has 0 spiro atoms. The fourth-order valence-corrected chi connectivity index (χ4v) is 3.96. The van der Waals surface area contributed by atoms with E-state index in [4.69, 9.17) is 4.74 Å². The smallest absolute Gasteiger partial charge is 0.409 e. The number of carbonyl (C=O) groups is 2. The van der Waals surface area contributed by atoms with Crippen LogP contribution in [0.4, 0.5) is 4.79 Å². The Bertz CT molecular complexity index is 803. The van der Waals surface area contributed by atoms with Crippen molar-refractivity contribution in [2.45, 2.75) is 25.5 Å². The van der Waals surface area contributed by atoms with E-state index in [0.29, 0.717) is 38.5 Å². The molecule has 3 rings (SSSR count). The number of hydrogen-bond acceptors (Lipinski definition) is 6. The second-order valence-electron chi connectivity index (χ2n) is 6.27. The first-order valence-corrected chi connectivity index (χ1v) is 10.4. The molecule has 0 unspecified atom stereocenters. The number of thioether (sulfide) groups is 1. The summed E-state index contributed by atoms with van der Waals surface area (Å²) in [6.45, 7) is 6.95. The van der Waals surface area contributed by atoms with E-state index in [-0.39, 0.29) is 12.0 Å². The molecule has 2 amide bonds. The highest BCUT2D eigenvalue weighted by Crippen LogP contribution is 2.24. The van der Waals surface area contributed by atoms with Gasteiger partial charge in [0.2, 0.25) is 5.91 Å². The number of hydrogen-bond donors (Lipinski definition) is 0. The highest BCUT2D eigenvalue weighted by Gasteiger charge is 2.25. The van der Waals surface area contributed by atoms with Crippen LogP contribution in [0.1, 0.15) is 13.8 Å². The Morgan fingerprint density at radius 1 is 1.04 bits per heavy atom. The molecule has 0 aliphatic carbocycles. The fourth-order valence-electron chi connectivity index (χ4n) is 3.05. The van der Waals surface area contributed by atoms with E-state index >= 15 is 0 Å². The van der Waals surface area contributed by atoms with Crippen LogP contribution in [0.2, 0.25) is 0 Å². The molecule has 0 saturated carbocycles. The minimum Gasteiger partial charge on any atom is -0.450 e. The molecule has 150 valence electrons. The van der Waals surface area contributed by atoms with Crippen molar-refractivity contribution < 1.29 is 14.3 Å². The van der Waals surface area contributed by atoms with Crippen LogP contribution < -0.4 is 0 Å². The summed E-state index contributed by atoms with van der Waals surface area (Å²) < 4.78 is 7.03. The highest BCUT2D eigenvalue weighted by atomic mass is 32.2. The minimum atomic E-state index is -0.312. The van der Waals surface area contributed by atoms with Gasteiger partial charge in [0, 0.05) is 38.3 Å². The second kappa shape index (κ2) is 9.59. The Balaban J connectivity index is 1.56. The van der Waals surface area contributed by atoms with Crippen LogP contribution in [-0.2, 0) is 16.1 Å². The first-order valence-electron chi connectivity index (χ1n) is 9.45. The third-order valence-corrected chi connectivity index (χ3v) is 5.50. The average Bonchev–Trinajstić information content (AvgIpc) is 3.16. The zero-order chi connectivity index (χ0) is 19.9. The SMILES string of the molecule is CCOC(=O)N1CCN(C(=O)CSc2nnc(-c3ccccc3)n2CC)CC1. The molecule has 1 aliphatic rings. The highest BCUT2D eigenvalue weighted by molar-refractivity contribution is 7.99. The van der Waals surface area contributed by atoms with E-state index in [9.17, 15) is 9.59 Å². The Labute approximate surface area is 168 Å². The van der Waals surface area contributed by atoms with E-state index in [2.05, 4.69) is 10.2 Å². The summed E-state index contributed by atoms with van der Waals surface area (Å²) in [5.41, 5.74) is 1.00. The van der Waals surface area contributed by atoms with Crippen LogP contribution in [0, 0.1) is 0 Å². The monoisotopic (exact) mass is 403 g/mol. The third kappa shape index (κ3) is 4.64. The topological polar surface area (TPSA) is 80.6 Å². The first kappa shape index (κ1) is 20.2. The minimum absolute atomic E-state index is 0.0421. The van der Waals surface area contributed by atoms with Crippen molar-refractivity contribution in [3.8, 4) is 11.4 Å². The number of benzene rings is 1. The van der Waals surface area contributed by atoms with Crippen LogP contribution in [0.5, 0.6) is 0 Å². The Kier molecular flexibility index (Phi) is 6.91. The second-order valence-corrected chi connectivity index (χ2v) is 7.21. The number of rotatable bonds is 6. The number of ether oxygens (including phenoxy) is 1. The lowest BCUT2D eigenvalue weighted by Gasteiger charge is -2.34. The van der Waals surface area contributed by atoms with Crippen molar-refractivity contribution in [2.75, 3.05) is 38.5 Å². The standard InChI is InChI=1S/C19H25N5O3S/c1-3-24-17(15-8-6-5-7-9-15)20-21-18(24)28-14-16(25)22-10-12-23(13-11-22)19(26)27-4-2/h5-9H,3-4,10-14H2,1-2H3. The van der Waals surface area contributed by atoms with Gasteiger partial charge in [0.25, 0.3) is 0 Å². The summed E-state index contributed by atoms with van der Waals surface area (Å²) in [6, 6.07) is 9.90.